The molecule has 0 spiro atoms. The molecule has 3 nitrogen and oxygen atoms in total. The van der Waals surface area contributed by atoms with Gasteiger partial charge >= 0.3 is 5.97 Å². The molecular formula is C12H11NO2S. The van der Waals surface area contributed by atoms with Gasteiger partial charge in [-0.1, -0.05) is 30.3 Å². The molecule has 0 radical (unpaired) electrons. The first-order valence-electron chi connectivity index (χ1n) is 4.90. The molecule has 0 aliphatic carbocycles. The van der Waals surface area contributed by atoms with Crippen LogP contribution in [0, 0.1) is 6.92 Å². The second-order valence-electron chi connectivity index (χ2n) is 3.47. The van der Waals surface area contributed by atoms with Crippen molar-refractivity contribution < 1.29 is 9.90 Å². The van der Waals surface area contributed by atoms with E-state index in [1.54, 1.807) is 0 Å². The van der Waals surface area contributed by atoms with Gasteiger partial charge in [-0.3, -0.25) is 0 Å². The average molecular weight is 233 g/mol. The summed E-state index contributed by atoms with van der Waals surface area (Å²) in [7, 11) is 0. The molecule has 1 aromatic heterocycles. The zero-order valence-corrected chi connectivity index (χ0v) is 9.62. The second-order valence-corrected chi connectivity index (χ2v) is 4.76. The van der Waals surface area contributed by atoms with Gasteiger partial charge in [0.05, 0.1) is 5.01 Å². The molecule has 0 fully saturated rings. The molecule has 1 N–H and O–H groups in total. The van der Waals surface area contributed by atoms with E-state index < -0.39 is 5.97 Å². The first kappa shape index (κ1) is 10.8. The van der Waals surface area contributed by atoms with E-state index in [1.165, 1.54) is 11.3 Å². The maximum absolute atomic E-state index is 11.0. The summed E-state index contributed by atoms with van der Waals surface area (Å²) in [6.45, 7) is 1.82. The van der Waals surface area contributed by atoms with E-state index in [-0.39, 0.29) is 5.69 Å². The number of aromatic carboxylic acids is 1. The Balaban J connectivity index is 2.31. The maximum Gasteiger partial charge on any atom is 0.355 e. The molecule has 4 heteroatoms. The van der Waals surface area contributed by atoms with Crippen LogP contribution in [0.1, 0.15) is 25.9 Å². The van der Waals surface area contributed by atoms with Crippen LogP contribution in [-0.4, -0.2) is 16.1 Å². The van der Waals surface area contributed by atoms with Crippen LogP contribution in [0.4, 0.5) is 0 Å². The molecule has 0 amide bonds. The Morgan fingerprint density at radius 1 is 1.38 bits per heavy atom. The number of carboxylic acids is 1. The van der Waals surface area contributed by atoms with Crippen molar-refractivity contribution in [1.29, 1.82) is 0 Å². The van der Waals surface area contributed by atoms with Crippen molar-refractivity contribution in [3.8, 4) is 0 Å². The minimum Gasteiger partial charge on any atom is -0.476 e. The minimum absolute atomic E-state index is 0.186. The predicted octanol–water partition coefficient (Wildman–Crippen LogP) is 2.74. The Hall–Kier alpha value is -1.68. The molecule has 1 aromatic carbocycles. The van der Waals surface area contributed by atoms with Crippen LogP contribution in [0.5, 0.6) is 0 Å². The van der Waals surface area contributed by atoms with Crippen LogP contribution in [0.15, 0.2) is 30.3 Å². The highest BCUT2D eigenvalue weighted by atomic mass is 32.1. The normalized spacial score (nSPS) is 10.3. The van der Waals surface area contributed by atoms with Gasteiger partial charge in [0.2, 0.25) is 0 Å². The summed E-state index contributed by atoms with van der Waals surface area (Å²) < 4.78 is 0. The Kier molecular flexibility index (Phi) is 3.01. The van der Waals surface area contributed by atoms with Crippen molar-refractivity contribution in [2.75, 3.05) is 0 Å². The number of nitrogens with zero attached hydrogens (tertiary/aromatic N) is 1. The summed E-state index contributed by atoms with van der Waals surface area (Å²) >= 11 is 1.45. The molecule has 0 saturated carbocycles. The first-order chi connectivity index (χ1) is 7.66. The summed E-state index contributed by atoms with van der Waals surface area (Å²) in [6.07, 6.45) is 0.633. The van der Waals surface area contributed by atoms with E-state index in [1.807, 2.05) is 37.3 Å². The molecule has 0 aliphatic rings. The third-order valence-corrected chi connectivity index (χ3v) is 3.19. The number of hydrogen-bond donors (Lipinski definition) is 1. The lowest BCUT2D eigenvalue weighted by molar-refractivity contribution is 0.0690. The number of aromatic nitrogens is 1. The highest BCUT2D eigenvalue weighted by Crippen LogP contribution is 2.21. The third-order valence-electron chi connectivity index (χ3n) is 2.21. The highest BCUT2D eigenvalue weighted by molar-refractivity contribution is 7.11. The van der Waals surface area contributed by atoms with E-state index in [4.69, 9.17) is 5.11 Å². The molecule has 1 heterocycles. The van der Waals surface area contributed by atoms with Gasteiger partial charge in [-0.15, -0.1) is 11.3 Å². The summed E-state index contributed by atoms with van der Waals surface area (Å²) in [5.74, 6) is -0.949. The van der Waals surface area contributed by atoms with Crippen molar-refractivity contribution in [1.82, 2.24) is 4.98 Å². The van der Waals surface area contributed by atoms with Gasteiger partial charge in [0.25, 0.3) is 0 Å². The van der Waals surface area contributed by atoms with Crippen LogP contribution < -0.4 is 0 Å². The highest BCUT2D eigenvalue weighted by Gasteiger charge is 2.15. The zero-order valence-electron chi connectivity index (χ0n) is 8.80. The van der Waals surface area contributed by atoms with Gasteiger partial charge in [0.15, 0.2) is 5.69 Å². The standard InChI is InChI=1S/C12H11NO2S/c1-8-13-11(12(14)15)10(16-8)7-9-5-3-2-4-6-9/h2-6H,7H2,1H3,(H,14,15). The van der Waals surface area contributed by atoms with Crippen molar-refractivity contribution in [3.63, 3.8) is 0 Å². The monoisotopic (exact) mass is 233 g/mol. The smallest absolute Gasteiger partial charge is 0.355 e. The number of benzene rings is 1. The van der Waals surface area contributed by atoms with Gasteiger partial charge < -0.3 is 5.11 Å². The van der Waals surface area contributed by atoms with Crippen LogP contribution in [-0.2, 0) is 6.42 Å². The van der Waals surface area contributed by atoms with Gasteiger partial charge in [-0.2, -0.15) is 0 Å². The van der Waals surface area contributed by atoms with Gasteiger partial charge in [0.1, 0.15) is 0 Å². The second kappa shape index (κ2) is 4.45. The van der Waals surface area contributed by atoms with Crippen LogP contribution >= 0.6 is 11.3 Å². The van der Waals surface area contributed by atoms with E-state index in [0.717, 1.165) is 15.4 Å². The third kappa shape index (κ3) is 2.28. The Morgan fingerprint density at radius 3 is 2.69 bits per heavy atom. The molecule has 16 heavy (non-hydrogen) atoms. The van der Waals surface area contributed by atoms with E-state index in [2.05, 4.69) is 4.98 Å². The average Bonchev–Trinajstić information content (AvgIpc) is 2.61. The minimum atomic E-state index is -0.949. The van der Waals surface area contributed by atoms with Crippen molar-refractivity contribution in [2.45, 2.75) is 13.3 Å². The molecule has 0 aliphatic heterocycles. The van der Waals surface area contributed by atoms with E-state index in [9.17, 15) is 4.79 Å². The van der Waals surface area contributed by atoms with Crippen LogP contribution in [0.25, 0.3) is 0 Å². The van der Waals surface area contributed by atoms with Crippen molar-refractivity contribution >= 4 is 17.3 Å². The summed E-state index contributed by atoms with van der Waals surface area (Å²) in [4.78, 5) is 15.8. The molecule has 2 rings (SSSR count). The lowest BCUT2D eigenvalue weighted by Gasteiger charge is -1.98. The molecule has 0 saturated heterocycles. The quantitative estimate of drug-likeness (QED) is 0.886. The fourth-order valence-corrected chi connectivity index (χ4v) is 2.50. The van der Waals surface area contributed by atoms with Crippen molar-refractivity contribution in [2.24, 2.45) is 0 Å². The number of thiazole rings is 1. The van der Waals surface area contributed by atoms with Gasteiger partial charge in [-0.05, 0) is 12.5 Å². The number of rotatable bonds is 3. The maximum atomic E-state index is 11.0. The molecular weight excluding hydrogens is 222 g/mol. The van der Waals surface area contributed by atoms with Crippen molar-refractivity contribution in [3.05, 3.63) is 51.5 Å². The number of hydrogen-bond acceptors (Lipinski definition) is 3. The Morgan fingerprint density at radius 2 is 2.06 bits per heavy atom. The fraction of sp³-hybridized carbons (Fsp3) is 0.167. The summed E-state index contributed by atoms with van der Waals surface area (Å²) in [6, 6.07) is 9.81. The van der Waals surface area contributed by atoms with Crippen LogP contribution in [0.3, 0.4) is 0 Å². The summed E-state index contributed by atoms with van der Waals surface area (Å²) in [5, 5.41) is 9.80. The topological polar surface area (TPSA) is 50.2 Å². The molecule has 0 unspecified atom stereocenters. The lowest BCUT2D eigenvalue weighted by Crippen LogP contribution is -2.01. The number of carboxylic acid groups (broad SMARTS) is 1. The molecule has 0 atom stereocenters. The largest absolute Gasteiger partial charge is 0.476 e. The zero-order chi connectivity index (χ0) is 11.5. The van der Waals surface area contributed by atoms with E-state index in [0.29, 0.717) is 6.42 Å². The predicted molar refractivity (Wildman–Crippen MR) is 63.1 cm³/mol. The SMILES string of the molecule is Cc1nc(C(=O)O)c(Cc2ccccc2)s1. The molecule has 2 aromatic rings. The number of aryl methyl sites for hydroxylation is 1. The first-order valence-corrected chi connectivity index (χ1v) is 5.72. The Labute approximate surface area is 97.4 Å². The van der Waals surface area contributed by atoms with Gasteiger partial charge in [-0.25, -0.2) is 9.78 Å². The van der Waals surface area contributed by atoms with Crippen LogP contribution in [0.2, 0.25) is 0 Å². The molecule has 0 bridgehead atoms. The lowest BCUT2D eigenvalue weighted by atomic mass is 10.1. The summed E-state index contributed by atoms with van der Waals surface area (Å²) in [5.41, 5.74) is 1.29. The molecule has 82 valence electrons. The fourth-order valence-electron chi connectivity index (χ4n) is 1.54. The Bertz CT molecular complexity index is 505. The van der Waals surface area contributed by atoms with E-state index >= 15 is 0 Å². The van der Waals surface area contributed by atoms with Gasteiger partial charge in [0, 0.05) is 11.3 Å². The number of carbonyl (C=O) groups is 1.